The van der Waals surface area contributed by atoms with Crippen molar-refractivity contribution >= 4 is 23.7 Å². The van der Waals surface area contributed by atoms with Gasteiger partial charge in [0, 0.05) is 7.11 Å². The zero-order valence-electron chi connectivity index (χ0n) is 16.5. The predicted molar refractivity (Wildman–Crippen MR) is 104 cm³/mol. The molecule has 2 aliphatic rings. The van der Waals surface area contributed by atoms with Gasteiger partial charge >= 0.3 is 5.97 Å². The van der Waals surface area contributed by atoms with E-state index in [0.717, 1.165) is 4.90 Å². The molecule has 0 bridgehead atoms. The molecular formula is C22H20N2O6. The van der Waals surface area contributed by atoms with Crippen LogP contribution in [-0.4, -0.2) is 66.3 Å². The lowest BCUT2D eigenvalue weighted by Crippen LogP contribution is -2.69. The van der Waals surface area contributed by atoms with Crippen LogP contribution in [0.5, 0.6) is 0 Å². The summed E-state index contributed by atoms with van der Waals surface area (Å²) < 4.78 is 10.5. The lowest BCUT2D eigenvalue weighted by Gasteiger charge is -2.46. The second-order valence-electron chi connectivity index (χ2n) is 7.07. The molecule has 154 valence electrons. The first-order chi connectivity index (χ1) is 14.5. The average molecular weight is 408 g/mol. The molecule has 30 heavy (non-hydrogen) atoms. The number of likely N-dealkylation sites (tertiary alicyclic amines) is 1. The second-order valence-corrected chi connectivity index (χ2v) is 7.07. The number of ether oxygens (including phenoxy) is 2. The number of fused-ring (bicyclic) bond motifs is 1. The second kappa shape index (κ2) is 7.72. The zero-order chi connectivity index (χ0) is 21.4. The van der Waals surface area contributed by atoms with Crippen LogP contribution < -0.4 is 0 Å². The highest BCUT2D eigenvalue weighted by Gasteiger charge is 2.54. The van der Waals surface area contributed by atoms with Gasteiger partial charge in [0.15, 0.2) is 6.04 Å². The lowest BCUT2D eigenvalue weighted by molar-refractivity contribution is -0.170. The van der Waals surface area contributed by atoms with E-state index in [4.69, 9.17) is 9.47 Å². The molecule has 0 aliphatic carbocycles. The van der Waals surface area contributed by atoms with Gasteiger partial charge in [0.05, 0.1) is 24.8 Å². The molecule has 3 unspecified atom stereocenters. The molecule has 0 radical (unpaired) electrons. The summed E-state index contributed by atoms with van der Waals surface area (Å²) in [5.41, 5.74) is 1.25. The first-order valence-electron chi connectivity index (χ1n) is 9.42. The van der Waals surface area contributed by atoms with E-state index in [1.165, 1.54) is 19.1 Å². The molecule has 0 aromatic heterocycles. The predicted octanol–water partition coefficient (Wildman–Crippen LogP) is 1.42. The molecule has 1 fully saturated rings. The number of benzene rings is 2. The van der Waals surface area contributed by atoms with E-state index in [2.05, 4.69) is 0 Å². The maximum absolute atomic E-state index is 13.0. The van der Waals surface area contributed by atoms with Gasteiger partial charge in [-0.05, 0) is 17.7 Å². The average Bonchev–Trinajstić information content (AvgIpc) is 3.03. The fourth-order valence-corrected chi connectivity index (χ4v) is 3.99. The molecule has 8 nitrogen and oxygen atoms in total. The third-order valence-corrected chi connectivity index (χ3v) is 5.52. The summed E-state index contributed by atoms with van der Waals surface area (Å²) in [4.78, 5) is 53.2. The molecule has 2 heterocycles. The quantitative estimate of drug-likeness (QED) is 0.408. The summed E-state index contributed by atoms with van der Waals surface area (Å²) in [6, 6.07) is 13.5. The van der Waals surface area contributed by atoms with Crippen molar-refractivity contribution in [2.75, 3.05) is 20.8 Å². The van der Waals surface area contributed by atoms with Gasteiger partial charge in [0.25, 0.3) is 11.8 Å². The number of hydrogen-bond donors (Lipinski definition) is 0. The van der Waals surface area contributed by atoms with Crippen molar-refractivity contribution in [2.24, 2.45) is 0 Å². The van der Waals surface area contributed by atoms with Gasteiger partial charge in [0.2, 0.25) is 5.91 Å². The van der Waals surface area contributed by atoms with Crippen molar-refractivity contribution in [3.05, 3.63) is 71.3 Å². The molecule has 2 aromatic rings. The van der Waals surface area contributed by atoms with Crippen molar-refractivity contribution < 1.29 is 28.7 Å². The van der Waals surface area contributed by atoms with Crippen LogP contribution in [0.4, 0.5) is 0 Å². The number of amides is 3. The summed E-state index contributed by atoms with van der Waals surface area (Å²) >= 11 is 0. The summed E-state index contributed by atoms with van der Waals surface area (Å²) in [6.07, 6.45) is -0.759. The molecule has 1 saturated heterocycles. The van der Waals surface area contributed by atoms with Crippen LogP contribution in [0.2, 0.25) is 0 Å². The standard InChI is InChI=1S/C22H20N2O6/c1-29-18(13-8-4-3-5-9-13)17(22(28)30-2)23-12-16(21(23)27)24-19(25)14-10-6-7-11-15(14)20(24)26/h3-11,16-18H,12H2,1-2H3. The van der Waals surface area contributed by atoms with Crippen LogP contribution in [0, 0.1) is 0 Å². The highest BCUT2D eigenvalue weighted by atomic mass is 16.5. The van der Waals surface area contributed by atoms with Crippen molar-refractivity contribution in [1.82, 2.24) is 9.80 Å². The van der Waals surface area contributed by atoms with Gasteiger partial charge in [-0.1, -0.05) is 42.5 Å². The molecule has 3 amide bonds. The van der Waals surface area contributed by atoms with Crippen LogP contribution in [0.1, 0.15) is 32.4 Å². The summed E-state index contributed by atoms with van der Waals surface area (Å²) in [5, 5.41) is 0. The number of nitrogens with zero attached hydrogens (tertiary/aromatic N) is 2. The lowest BCUT2D eigenvalue weighted by atomic mass is 9.95. The monoisotopic (exact) mass is 408 g/mol. The molecule has 0 saturated carbocycles. The largest absolute Gasteiger partial charge is 0.467 e. The van der Waals surface area contributed by atoms with Crippen LogP contribution in [0.15, 0.2) is 54.6 Å². The Hall–Kier alpha value is -3.52. The Morgan fingerprint density at radius 1 is 0.933 bits per heavy atom. The maximum Gasteiger partial charge on any atom is 0.331 e. The van der Waals surface area contributed by atoms with Gasteiger partial charge in [0.1, 0.15) is 12.1 Å². The molecular weight excluding hydrogens is 388 g/mol. The number of hydrogen-bond acceptors (Lipinski definition) is 6. The molecule has 2 aromatic carbocycles. The SMILES string of the molecule is COC(=O)C(C(OC)c1ccccc1)N1CC(N2C(=O)c3ccccc3C2=O)C1=O. The number of esters is 1. The first-order valence-corrected chi connectivity index (χ1v) is 9.42. The van der Waals surface area contributed by atoms with Crippen molar-refractivity contribution in [3.63, 3.8) is 0 Å². The van der Waals surface area contributed by atoms with E-state index < -0.39 is 41.9 Å². The Labute approximate surface area is 173 Å². The fourth-order valence-electron chi connectivity index (χ4n) is 3.99. The number of rotatable bonds is 6. The third kappa shape index (κ3) is 2.96. The number of imide groups is 1. The molecule has 2 aliphatic heterocycles. The minimum Gasteiger partial charge on any atom is -0.467 e. The number of methoxy groups -OCH3 is 2. The summed E-state index contributed by atoms with van der Waals surface area (Å²) in [7, 11) is 2.68. The van der Waals surface area contributed by atoms with E-state index in [9.17, 15) is 19.2 Å². The smallest absolute Gasteiger partial charge is 0.331 e. The number of β-lactam (4-membered cyclic amide) rings is 1. The molecule has 8 heteroatoms. The number of carbonyl (C=O) groups excluding carboxylic acids is 4. The van der Waals surface area contributed by atoms with Crippen LogP contribution in [-0.2, 0) is 19.1 Å². The van der Waals surface area contributed by atoms with Gasteiger partial charge in [-0.15, -0.1) is 0 Å². The first kappa shape index (κ1) is 19.8. The molecule has 3 atom stereocenters. The Bertz CT molecular complexity index is 986. The topological polar surface area (TPSA) is 93.2 Å². The van der Waals surface area contributed by atoms with E-state index in [1.807, 2.05) is 6.07 Å². The Balaban J connectivity index is 1.59. The van der Waals surface area contributed by atoms with E-state index in [-0.39, 0.29) is 17.7 Å². The molecule has 0 N–H and O–H groups in total. The highest BCUT2D eigenvalue weighted by Crippen LogP contribution is 2.34. The van der Waals surface area contributed by atoms with E-state index >= 15 is 0 Å². The summed E-state index contributed by atoms with van der Waals surface area (Å²) in [6.45, 7) is 0.0246. The minimum atomic E-state index is -1.04. The molecule has 0 spiro atoms. The van der Waals surface area contributed by atoms with Crippen molar-refractivity contribution in [1.29, 1.82) is 0 Å². The van der Waals surface area contributed by atoms with E-state index in [0.29, 0.717) is 5.56 Å². The Morgan fingerprint density at radius 3 is 2.00 bits per heavy atom. The normalized spacial score (nSPS) is 19.9. The summed E-state index contributed by atoms with van der Waals surface area (Å²) in [5.74, 6) is -2.15. The van der Waals surface area contributed by atoms with Crippen LogP contribution >= 0.6 is 0 Å². The Morgan fingerprint density at radius 2 is 1.50 bits per heavy atom. The minimum absolute atomic E-state index is 0.0246. The van der Waals surface area contributed by atoms with Gasteiger partial charge < -0.3 is 14.4 Å². The van der Waals surface area contributed by atoms with Gasteiger partial charge in [-0.3, -0.25) is 19.3 Å². The number of carbonyl (C=O) groups is 4. The highest BCUT2D eigenvalue weighted by molar-refractivity contribution is 6.23. The van der Waals surface area contributed by atoms with Crippen LogP contribution in [0.25, 0.3) is 0 Å². The fraction of sp³-hybridized carbons (Fsp3) is 0.273. The van der Waals surface area contributed by atoms with Gasteiger partial charge in [-0.25, -0.2) is 4.79 Å². The third-order valence-electron chi connectivity index (χ3n) is 5.52. The van der Waals surface area contributed by atoms with Gasteiger partial charge in [-0.2, -0.15) is 0 Å². The Kier molecular flexibility index (Phi) is 5.09. The van der Waals surface area contributed by atoms with Crippen molar-refractivity contribution in [2.45, 2.75) is 18.2 Å². The molecule has 4 rings (SSSR count). The van der Waals surface area contributed by atoms with Crippen molar-refractivity contribution in [3.8, 4) is 0 Å². The zero-order valence-corrected chi connectivity index (χ0v) is 16.5. The van der Waals surface area contributed by atoms with Crippen LogP contribution in [0.3, 0.4) is 0 Å². The maximum atomic E-state index is 13.0. The van der Waals surface area contributed by atoms with E-state index in [1.54, 1.807) is 48.5 Å².